The smallest absolute Gasteiger partial charge is 0.126 e. The Bertz CT molecular complexity index is 472. The molecule has 0 saturated carbocycles. The SMILES string of the molecule is Cc1nccc(Sc2ccncc2N)n1. The van der Waals surface area contributed by atoms with Gasteiger partial charge >= 0.3 is 0 Å². The van der Waals surface area contributed by atoms with Gasteiger partial charge in [-0.1, -0.05) is 11.8 Å². The zero-order valence-corrected chi connectivity index (χ0v) is 9.03. The van der Waals surface area contributed by atoms with E-state index in [1.807, 2.05) is 19.1 Å². The van der Waals surface area contributed by atoms with E-state index in [-0.39, 0.29) is 0 Å². The van der Waals surface area contributed by atoms with Crippen molar-refractivity contribution in [1.82, 2.24) is 15.0 Å². The Labute approximate surface area is 92.0 Å². The van der Waals surface area contributed by atoms with Crippen LogP contribution in [0.4, 0.5) is 5.69 Å². The standard InChI is InChI=1S/C10H10N4S/c1-7-13-5-3-10(14-7)15-9-2-4-12-6-8(9)11/h2-6H,11H2,1H3. The maximum Gasteiger partial charge on any atom is 0.126 e. The van der Waals surface area contributed by atoms with Gasteiger partial charge in [0.1, 0.15) is 10.9 Å². The number of nitrogen functional groups attached to an aromatic ring is 1. The Morgan fingerprint density at radius 1 is 1.27 bits per heavy atom. The molecular formula is C10H10N4S. The maximum absolute atomic E-state index is 5.78. The summed E-state index contributed by atoms with van der Waals surface area (Å²) in [4.78, 5) is 13.2. The fraction of sp³-hybridized carbons (Fsp3) is 0.100. The predicted octanol–water partition coefficient (Wildman–Crippen LogP) is 1.91. The maximum atomic E-state index is 5.78. The van der Waals surface area contributed by atoms with Gasteiger partial charge in [-0.2, -0.15) is 0 Å². The average Bonchev–Trinajstić information content (AvgIpc) is 2.22. The van der Waals surface area contributed by atoms with Gasteiger partial charge in [-0.3, -0.25) is 4.98 Å². The average molecular weight is 218 g/mol. The topological polar surface area (TPSA) is 64.7 Å². The fourth-order valence-corrected chi connectivity index (χ4v) is 1.92. The minimum absolute atomic E-state index is 0.666. The summed E-state index contributed by atoms with van der Waals surface area (Å²) in [6.45, 7) is 1.86. The first-order valence-corrected chi connectivity index (χ1v) is 5.24. The number of nitrogens with zero attached hydrogens (tertiary/aromatic N) is 3. The molecule has 2 rings (SSSR count). The summed E-state index contributed by atoms with van der Waals surface area (Å²) < 4.78 is 0. The van der Waals surface area contributed by atoms with Gasteiger partial charge in [0, 0.05) is 17.3 Å². The van der Waals surface area contributed by atoms with Crippen LogP contribution in [0.5, 0.6) is 0 Å². The first kappa shape index (κ1) is 9.92. The molecule has 0 radical (unpaired) electrons. The van der Waals surface area contributed by atoms with E-state index in [2.05, 4.69) is 15.0 Å². The lowest BCUT2D eigenvalue weighted by atomic mass is 10.4. The van der Waals surface area contributed by atoms with Gasteiger partial charge in [0.15, 0.2) is 0 Å². The first-order chi connectivity index (χ1) is 7.25. The minimum Gasteiger partial charge on any atom is -0.397 e. The molecule has 0 aliphatic rings. The highest BCUT2D eigenvalue weighted by Gasteiger charge is 2.02. The molecule has 0 amide bonds. The second-order valence-corrected chi connectivity index (χ2v) is 4.02. The van der Waals surface area contributed by atoms with Gasteiger partial charge in [0.25, 0.3) is 0 Å². The Morgan fingerprint density at radius 3 is 2.87 bits per heavy atom. The Hall–Kier alpha value is -1.62. The highest BCUT2D eigenvalue weighted by Crippen LogP contribution is 2.29. The molecule has 0 aliphatic carbocycles. The number of nitrogens with two attached hydrogens (primary N) is 1. The third kappa shape index (κ3) is 2.44. The molecule has 5 heteroatoms. The third-order valence-corrected chi connectivity index (χ3v) is 2.80. The van der Waals surface area contributed by atoms with Crippen molar-refractivity contribution in [2.45, 2.75) is 16.8 Å². The monoisotopic (exact) mass is 218 g/mol. The van der Waals surface area contributed by atoms with Gasteiger partial charge < -0.3 is 5.73 Å². The third-order valence-electron chi connectivity index (χ3n) is 1.78. The summed E-state index contributed by atoms with van der Waals surface area (Å²) in [6.07, 6.45) is 5.09. The van der Waals surface area contributed by atoms with E-state index in [0.717, 1.165) is 15.7 Å². The van der Waals surface area contributed by atoms with Crippen LogP contribution < -0.4 is 5.73 Å². The second-order valence-electron chi connectivity index (χ2n) is 2.96. The predicted molar refractivity (Wildman–Crippen MR) is 59.5 cm³/mol. The van der Waals surface area contributed by atoms with E-state index in [1.54, 1.807) is 18.6 Å². The number of rotatable bonds is 2. The summed E-state index contributed by atoms with van der Waals surface area (Å²) in [5, 5.41) is 0.889. The van der Waals surface area contributed by atoms with Crippen molar-refractivity contribution in [2.75, 3.05) is 5.73 Å². The van der Waals surface area contributed by atoms with Crippen LogP contribution in [0.1, 0.15) is 5.82 Å². The van der Waals surface area contributed by atoms with Crippen molar-refractivity contribution in [3.05, 3.63) is 36.5 Å². The lowest BCUT2D eigenvalue weighted by Gasteiger charge is -2.03. The number of aryl methyl sites for hydroxylation is 1. The molecule has 4 nitrogen and oxygen atoms in total. The second kappa shape index (κ2) is 4.27. The Kier molecular flexibility index (Phi) is 2.82. The van der Waals surface area contributed by atoms with E-state index in [4.69, 9.17) is 5.73 Å². The van der Waals surface area contributed by atoms with Gasteiger partial charge in [0.05, 0.1) is 11.9 Å². The van der Waals surface area contributed by atoms with Gasteiger partial charge in [0.2, 0.25) is 0 Å². The lowest BCUT2D eigenvalue weighted by molar-refractivity contribution is 0.967. The molecule has 0 atom stereocenters. The van der Waals surface area contributed by atoms with E-state index in [0.29, 0.717) is 5.69 Å². The van der Waals surface area contributed by atoms with Gasteiger partial charge in [-0.05, 0) is 19.1 Å². The molecule has 76 valence electrons. The summed E-state index contributed by atoms with van der Waals surface area (Å²) in [5.41, 5.74) is 6.45. The molecule has 0 bridgehead atoms. The molecule has 15 heavy (non-hydrogen) atoms. The van der Waals surface area contributed by atoms with Crippen LogP contribution >= 0.6 is 11.8 Å². The van der Waals surface area contributed by atoms with Crippen molar-refractivity contribution in [2.24, 2.45) is 0 Å². The van der Waals surface area contributed by atoms with Crippen LogP contribution in [0.2, 0.25) is 0 Å². The summed E-state index contributed by atoms with van der Waals surface area (Å²) in [7, 11) is 0. The molecule has 0 aromatic carbocycles. The molecule has 0 unspecified atom stereocenters. The zero-order chi connectivity index (χ0) is 10.7. The molecular weight excluding hydrogens is 208 g/mol. The van der Waals surface area contributed by atoms with Gasteiger partial charge in [-0.15, -0.1) is 0 Å². The lowest BCUT2D eigenvalue weighted by Crippen LogP contribution is -1.91. The van der Waals surface area contributed by atoms with Crippen molar-refractivity contribution in [1.29, 1.82) is 0 Å². The molecule has 0 spiro atoms. The number of aromatic nitrogens is 3. The largest absolute Gasteiger partial charge is 0.397 e. The first-order valence-electron chi connectivity index (χ1n) is 4.43. The van der Waals surface area contributed by atoms with Crippen molar-refractivity contribution in [3.8, 4) is 0 Å². The molecule has 2 aromatic rings. The van der Waals surface area contributed by atoms with E-state index < -0.39 is 0 Å². The summed E-state index contributed by atoms with van der Waals surface area (Å²) >= 11 is 1.51. The zero-order valence-electron chi connectivity index (χ0n) is 8.21. The molecule has 0 saturated heterocycles. The number of pyridine rings is 1. The summed E-state index contributed by atoms with van der Waals surface area (Å²) in [6, 6.07) is 3.73. The van der Waals surface area contributed by atoms with E-state index in [1.165, 1.54) is 11.8 Å². The molecule has 2 heterocycles. The molecule has 0 fully saturated rings. The Morgan fingerprint density at radius 2 is 2.13 bits per heavy atom. The van der Waals surface area contributed by atoms with Crippen LogP contribution in [-0.4, -0.2) is 15.0 Å². The normalized spacial score (nSPS) is 10.2. The van der Waals surface area contributed by atoms with Crippen LogP contribution in [-0.2, 0) is 0 Å². The van der Waals surface area contributed by atoms with Crippen molar-refractivity contribution >= 4 is 17.4 Å². The number of hydrogen-bond acceptors (Lipinski definition) is 5. The van der Waals surface area contributed by atoms with E-state index in [9.17, 15) is 0 Å². The van der Waals surface area contributed by atoms with Crippen LogP contribution in [0.3, 0.4) is 0 Å². The van der Waals surface area contributed by atoms with Crippen molar-refractivity contribution < 1.29 is 0 Å². The van der Waals surface area contributed by atoms with Crippen LogP contribution in [0.25, 0.3) is 0 Å². The minimum atomic E-state index is 0.666. The highest BCUT2D eigenvalue weighted by atomic mass is 32.2. The Balaban J connectivity index is 2.26. The number of anilines is 1. The van der Waals surface area contributed by atoms with Crippen LogP contribution in [0, 0.1) is 6.92 Å². The van der Waals surface area contributed by atoms with Crippen molar-refractivity contribution in [3.63, 3.8) is 0 Å². The van der Waals surface area contributed by atoms with E-state index >= 15 is 0 Å². The van der Waals surface area contributed by atoms with Gasteiger partial charge in [-0.25, -0.2) is 9.97 Å². The highest BCUT2D eigenvalue weighted by molar-refractivity contribution is 7.99. The summed E-state index contributed by atoms with van der Waals surface area (Å²) in [5.74, 6) is 0.757. The molecule has 2 aromatic heterocycles. The fourth-order valence-electron chi connectivity index (χ4n) is 1.09. The quantitative estimate of drug-likeness (QED) is 0.780. The number of hydrogen-bond donors (Lipinski definition) is 1. The molecule has 0 aliphatic heterocycles. The van der Waals surface area contributed by atoms with Crippen LogP contribution in [0.15, 0.2) is 40.6 Å². The molecule has 2 N–H and O–H groups in total.